The van der Waals surface area contributed by atoms with Crippen LogP contribution in [0.1, 0.15) is 64.0 Å². The fourth-order valence-electron chi connectivity index (χ4n) is 4.89. The molecule has 2 aromatic heterocycles. The molecule has 0 saturated carbocycles. The standard InChI is InChI=1S/C26H30N6O/c1-18-14-28-23(15-27-18)26(33)32-13-6-10-21(17-32)24-29-19(2)22-11-7-12-31(25(22)30-24)16-20-8-4-3-5-9-20/h3-5,8-9,14-15,21H,6-7,10-13,16-17H2,1-2H3/t21-/m1/s1. The highest BCUT2D eigenvalue weighted by molar-refractivity contribution is 5.92. The number of likely N-dealkylation sites (tertiary alicyclic amines) is 1. The van der Waals surface area contributed by atoms with Crippen molar-refractivity contribution in [3.63, 3.8) is 0 Å². The largest absolute Gasteiger partial charge is 0.352 e. The van der Waals surface area contributed by atoms with Crippen LogP contribution < -0.4 is 4.90 Å². The predicted molar refractivity (Wildman–Crippen MR) is 127 cm³/mol. The highest BCUT2D eigenvalue weighted by atomic mass is 16.2. The van der Waals surface area contributed by atoms with Crippen molar-refractivity contribution in [2.45, 2.75) is 52.0 Å². The van der Waals surface area contributed by atoms with Crippen LogP contribution in [0.5, 0.6) is 0 Å². The van der Waals surface area contributed by atoms with Crippen LogP contribution in [0.2, 0.25) is 0 Å². The molecule has 4 heterocycles. The fourth-order valence-corrected chi connectivity index (χ4v) is 4.89. The maximum absolute atomic E-state index is 13.0. The fraction of sp³-hybridized carbons (Fsp3) is 0.423. The summed E-state index contributed by atoms with van der Waals surface area (Å²) in [6, 6.07) is 10.6. The van der Waals surface area contributed by atoms with Gasteiger partial charge in [0.15, 0.2) is 0 Å². The number of carbonyl (C=O) groups excluding carboxylic acids is 1. The molecule has 2 aliphatic heterocycles. The van der Waals surface area contributed by atoms with Gasteiger partial charge in [-0.05, 0) is 45.1 Å². The first-order valence-corrected chi connectivity index (χ1v) is 11.8. The van der Waals surface area contributed by atoms with E-state index in [4.69, 9.17) is 9.97 Å². The van der Waals surface area contributed by atoms with E-state index in [1.54, 1.807) is 12.4 Å². The first-order valence-electron chi connectivity index (χ1n) is 11.8. The molecule has 7 nitrogen and oxygen atoms in total. The second kappa shape index (κ2) is 9.25. The minimum atomic E-state index is -0.0624. The molecule has 0 unspecified atom stereocenters. The lowest BCUT2D eigenvalue weighted by Crippen LogP contribution is -2.40. The molecule has 0 bridgehead atoms. The lowest BCUT2D eigenvalue weighted by Gasteiger charge is -2.34. The van der Waals surface area contributed by atoms with Gasteiger partial charge >= 0.3 is 0 Å². The van der Waals surface area contributed by atoms with Gasteiger partial charge in [0.2, 0.25) is 0 Å². The Morgan fingerprint density at radius 2 is 1.88 bits per heavy atom. The summed E-state index contributed by atoms with van der Waals surface area (Å²) in [5, 5.41) is 0. The number of carbonyl (C=O) groups is 1. The van der Waals surface area contributed by atoms with E-state index in [1.807, 2.05) is 11.8 Å². The van der Waals surface area contributed by atoms with E-state index in [2.05, 4.69) is 52.1 Å². The van der Waals surface area contributed by atoms with Crippen molar-refractivity contribution in [3.05, 3.63) is 76.8 Å². The summed E-state index contributed by atoms with van der Waals surface area (Å²) in [7, 11) is 0. The van der Waals surface area contributed by atoms with Crippen LogP contribution in [0.3, 0.4) is 0 Å². The van der Waals surface area contributed by atoms with E-state index in [-0.39, 0.29) is 11.8 Å². The van der Waals surface area contributed by atoms with E-state index in [1.165, 1.54) is 11.1 Å². The van der Waals surface area contributed by atoms with Gasteiger partial charge in [0.05, 0.1) is 11.9 Å². The first kappa shape index (κ1) is 21.5. The van der Waals surface area contributed by atoms with Crippen LogP contribution in [-0.2, 0) is 13.0 Å². The van der Waals surface area contributed by atoms with Crippen LogP contribution >= 0.6 is 0 Å². The van der Waals surface area contributed by atoms with Gasteiger partial charge < -0.3 is 9.80 Å². The molecule has 1 fully saturated rings. The maximum atomic E-state index is 13.0. The molecule has 1 aromatic carbocycles. The lowest BCUT2D eigenvalue weighted by molar-refractivity contribution is 0.0698. The van der Waals surface area contributed by atoms with Gasteiger partial charge in [0, 0.05) is 49.6 Å². The molecule has 7 heteroatoms. The second-order valence-corrected chi connectivity index (χ2v) is 9.11. The lowest BCUT2D eigenvalue weighted by atomic mass is 9.95. The number of fused-ring (bicyclic) bond motifs is 1. The van der Waals surface area contributed by atoms with Crippen LogP contribution in [0.15, 0.2) is 42.7 Å². The quantitative estimate of drug-likeness (QED) is 0.611. The van der Waals surface area contributed by atoms with Crippen molar-refractivity contribution in [1.82, 2.24) is 24.8 Å². The summed E-state index contributed by atoms with van der Waals surface area (Å²) in [5.41, 5.74) is 4.83. The highest BCUT2D eigenvalue weighted by Gasteiger charge is 2.30. The number of nitrogens with zero attached hydrogens (tertiary/aromatic N) is 6. The molecule has 0 aliphatic carbocycles. The predicted octanol–water partition coefficient (Wildman–Crippen LogP) is 3.86. The third-order valence-electron chi connectivity index (χ3n) is 6.65. The van der Waals surface area contributed by atoms with E-state index in [0.717, 1.165) is 68.3 Å². The van der Waals surface area contributed by atoms with E-state index >= 15 is 0 Å². The normalized spacial score (nSPS) is 18.2. The molecule has 5 rings (SSSR count). The van der Waals surface area contributed by atoms with Gasteiger partial charge in [-0.25, -0.2) is 15.0 Å². The Kier molecular flexibility index (Phi) is 6.03. The number of aryl methyl sites for hydroxylation is 2. The Labute approximate surface area is 194 Å². The zero-order valence-electron chi connectivity index (χ0n) is 19.4. The molecule has 3 aromatic rings. The average Bonchev–Trinajstić information content (AvgIpc) is 2.85. The number of anilines is 1. The SMILES string of the molecule is Cc1cnc(C(=O)N2CCC[C@@H](c3nc(C)c4c(n3)N(Cc3ccccc3)CCC4)C2)cn1. The molecule has 33 heavy (non-hydrogen) atoms. The topological polar surface area (TPSA) is 75.1 Å². The van der Waals surface area contributed by atoms with Gasteiger partial charge in [0.25, 0.3) is 5.91 Å². The van der Waals surface area contributed by atoms with Crippen molar-refractivity contribution >= 4 is 11.7 Å². The van der Waals surface area contributed by atoms with Crippen LogP contribution in [0.4, 0.5) is 5.82 Å². The Bertz CT molecular complexity index is 1130. The van der Waals surface area contributed by atoms with Gasteiger partial charge in [-0.3, -0.25) is 9.78 Å². The summed E-state index contributed by atoms with van der Waals surface area (Å²) >= 11 is 0. The zero-order chi connectivity index (χ0) is 22.8. The summed E-state index contributed by atoms with van der Waals surface area (Å²) in [5.74, 6) is 2.00. The number of amides is 1. The summed E-state index contributed by atoms with van der Waals surface area (Å²) < 4.78 is 0. The minimum absolute atomic E-state index is 0.0624. The van der Waals surface area contributed by atoms with Crippen LogP contribution in [0.25, 0.3) is 0 Å². The molecule has 1 saturated heterocycles. The van der Waals surface area contributed by atoms with Crippen molar-refractivity contribution < 1.29 is 4.79 Å². The van der Waals surface area contributed by atoms with Crippen molar-refractivity contribution in [2.75, 3.05) is 24.5 Å². The monoisotopic (exact) mass is 442 g/mol. The second-order valence-electron chi connectivity index (χ2n) is 9.11. The minimum Gasteiger partial charge on any atom is -0.352 e. The molecule has 170 valence electrons. The molecule has 0 radical (unpaired) electrons. The molecule has 0 spiro atoms. The Morgan fingerprint density at radius 1 is 1.03 bits per heavy atom. The molecule has 1 atom stereocenters. The van der Waals surface area contributed by atoms with E-state index < -0.39 is 0 Å². The van der Waals surface area contributed by atoms with Crippen molar-refractivity contribution in [3.8, 4) is 0 Å². The van der Waals surface area contributed by atoms with Crippen molar-refractivity contribution in [1.29, 1.82) is 0 Å². The smallest absolute Gasteiger partial charge is 0.274 e. The Hall–Kier alpha value is -3.35. The van der Waals surface area contributed by atoms with E-state index in [9.17, 15) is 4.79 Å². The van der Waals surface area contributed by atoms with E-state index in [0.29, 0.717) is 12.2 Å². The van der Waals surface area contributed by atoms with Gasteiger partial charge in [0.1, 0.15) is 17.3 Å². The van der Waals surface area contributed by atoms with Gasteiger partial charge in [-0.15, -0.1) is 0 Å². The number of hydrogen-bond acceptors (Lipinski definition) is 6. The highest BCUT2D eigenvalue weighted by Crippen LogP contribution is 2.32. The summed E-state index contributed by atoms with van der Waals surface area (Å²) in [6.07, 6.45) is 7.28. The first-order chi connectivity index (χ1) is 16.1. The Balaban J connectivity index is 1.39. The number of hydrogen-bond donors (Lipinski definition) is 0. The number of rotatable bonds is 4. The third-order valence-corrected chi connectivity index (χ3v) is 6.65. The average molecular weight is 443 g/mol. The number of piperidine rings is 1. The number of aromatic nitrogens is 4. The Morgan fingerprint density at radius 3 is 2.67 bits per heavy atom. The summed E-state index contributed by atoms with van der Waals surface area (Å²) in [4.78, 5) is 35.8. The van der Waals surface area contributed by atoms with Crippen LogP contribution in [-0.4, -0.2) is 50.4 Å². The number of benzene rings is 1. The molecule has 0 N–H and O–H groups in total. The molecular formula is C26H30N6O. The maximum Gasteiger partial charge on any atom is 0.274 e. The van der Waals surface area contributed by atoms with Crippen LogP contribution in [0, 0.1) is 13.8 Å². The summed E-state index contributed by atoms with van der Waals surface area (Å²) in [6.45, 7) is 7.17. The molecular weight excluding hydrogens is 412 g/mol. The molecule has 2 aliphatic rings. The zero-order valence-corrected chi connectivity index (χ0v) is 19.4. The van der Waals surface area contributed by atoms with Gasteiger partial charge in [-0.2, -0.15) is 0 Å². The molecule has 1 amide bonds. The van der Waals surface area contributed by atoms with Crippen molar-refractivity contribution in [2.24, 2.45) is 0 Å². The third kappa shape index (κ3) is 4.58. The van der Waals surface area contributed by atoms with Gasteiger partial charge in [-0.1, -0.05) is 30.3 Å².